The fourth-order valence-electron chi connectivity index (χ4n) is 3.14. The zero-order chi connectivity index (χ0) is 18.6. The molecule has 0 aromatic carbocycles. The highest BCUT2D eigenvalue weighted by Crippen LogP contribution is 2.10. The SMILES string of the molecule is O=C(CCn1cnc2ncccc2c1=O)N1CCN(c2ncccn2)CC1. The third-order valence-corrected chi connectivity index (χ3v) is 4.63. The first-order valence-electron chi connectivity index (χ1n) is 8.82. The molecule has 3 aromatic heterocycles. The number of carbonyl (C=O) groups excluding carboxylic acids is 1. The van der Waals surface area contributed by atoms with Gasteiger partial charge in [-0.3, -0.25) is 14.2 Å². The first-order valence-corrected chi connectivity index (χ1v) is 8.82. The van der Waals surface area contributed by atoms with Gasteiger partial charge in [0.1, 0.15) is 0 Å². The molecule has 0 radical (unpaired) electrons. The average molecular weight is 365 g/mol. The molecule has 4 heterocycles. The van der Waals surface area contributed by atoms with Crippen LogP contribution in [0.2, 0.25) is 0 Å². The maximum absolute atomic E-state index is 12.5. The first-order chi connectivity index (χ1) is 13.2. The minimum atomic E-state index is -0.174. The number of anilines is 1. The number of pyridine rings is 1. The Morgan fingerprint density at radius 2 is 1.70 bits per heavy atom. The molecule has 0 bridgehead atoms. The van der Waals surface area contributed by atoms with Gasteiger partial charge >= 0.3 is 0 Å². The van der Waals surface area contributed by atoms with Crippen LogP contribution in [0.15, 0.2) is 47.9 Å². The molecule has 9 heteroatoms. The van der Waals surface area contributed by atoms with E-state index in [2.05, 4.69) is 24.8 Å². The standard InChI is InChI=1S/C18H19N7O2/c26-15(23-9-11-24(12-10-23)18-20-6-2-7-21-18)4-8-25-13-22-16-14(17(25)27)3-1-5-19-16/h1-3,5-7,13H,4,8-12H2. The van der Waals surface area contributed by atoms with Gasteiger partial charge in [0.05, 0.1) is 11.7 Å². The lowest BCUT2D eigenvalue weighted by Crippen LogP contribution is -2.49. The molecule has 1 aliphatic rings. The Labute approximate surface area is 155 Å². The van der Waals surface area contributed by atoms with Crippen LogP contribution in [-0.2, 0) is 11.3 Å². The molecule has 3 aromatic rings. The van der Waals surface area contributed by atoms with Crippen molar-refractivity contribution in [2.45, 2.75) is 13.0 Å². The van der Waals surface area contributed by atoms with Gasteiger partial charge in [-0.05, 0) is 18.2 Å². The minimum absolute atomic E-state index is 0.0295. The van der Waals surface area contributed by atoms with Gasteiger partial charge in [-0.15, -0.1) is 0 Å². The molecule has 0 saturated carbocycles. The minimum Gasteiger partial charge on any atom is -0.339 e. The van der Waals surface area contributed by atoms with Crippen LogP contribution in [0.3, 0.4) is 0 Å². The number of aryl methyl sites for hydroxylation is 1. The summed E-state index contributed by atoms with van der Waals surface area (Å²) < 4.78 is 1.47. The Balaban J connectivity index is 1.35. The van der Waals surface area contributed by atoms with Crippen LogP contribution in [0.1, 0.15) is 6.42 Å². The van der Waals surface area contributed by atoms with Gasteiger partial charge in [0.2, 0.25) is 11.9 Å². The van der Waals surface area contributed by atoms with Crippen LogP contribution in [0.5, 0.6) is 0 Å². The van der Waals surface area contributed by atoms with Gasteiger partial charge in [0.15, 0.2) is 5.65 Å². The third-order valence-electron chi connectivity index (χ3n) is 4.63. The summed E-state index contributed by atoms with van der Waals surface area (Å²) in [5.74, 6) is 0.716. The lowest BCUT2D eigenvalue weighted by atomic mass is 10.2. The van der Waals surface area contributed by atoms with E-state index in [0.717, 1.165) is 0 Å². The molecule has 1 amide bonds. The van der Waals surface area contributed by atoms with E-state index in [4.69, 9.17) is 0 Å². The molecule has 1 fully saturated rings. The van der Waals surface area contributed by atoms with Crippen molar-refractivity contribution in [2.24, 2.45) is 0 Å². The largest absolute Gasteiger partial charge is 0.339 e. The number of hydrogen-bond donors (Lipinski definition) is 0. The highest BCUT2D eigenvalue weighted by Gasteiger charge is 2.22. The number of nitrogens with zero attached hydrogens (tertiary/aromatic N) is 7. The summed E-state index contributed by atoms with van der Waals surface area (Å²) in [4.78, 5) is 45.6. The van der Waals surface area contributed by atoms with E-state index in [1.807, 2.05) is 4.90 Å². The van der Waals surface area contributed by atoms with Crippen molar-refractivity contribution in [1.82, 2.24) is 29.4 Å². The van der Waals surface area contributed by atoms with E-state index in [1.54, 1.807) is 36.8 Å². The number of rotatable bonds is 4. The van der Waals surface area contributed by atoms with Gasteiger partial charge in [-0.25, -0.2) is 19.9 Å². The van der Waals surface area contributed by atoms with Crippen LogP contribution >= 0.6 is 0 Å². The summed E-state index contributed by atoms with van der Waals surface area (Å²) in [7, 11) is 0. The number of hydrogen-bond acceptors (Lipinski definition) is 7. The Hall–Kier alpha value is -3.36. The molecular formula is C18H19N7O2. The second kappa shape index (κ2) is 7.48. The number of fused-ring (bicyclic) bond motifs is 1. The molecule has 4 rings (SSSR count). The highest BCUT2D eigenvalue weighted by molar-refractivity contribution is 5.76. The summed E-state index contributed by atoms with van der Waals surface area (Å²) in [6.45, 7) is 2.92. The number of piperazine rings is 1. The topological polar surface area (TPSA) is 97.1 Å². The van der Waals surface area contributed by atoms with Gasteiger partial charge in [0, 0.05) is 57.7 Å². The molecule has 9 nitrogen and oxygen atoms in total. The molecule has 0 unspecified atom stereocenters. The van der Waals surface area contributed by atoms with Crippen molar-refractivity contribution in [3.05, 3.63) is 53.5 Å². The molecule has 0 atom stereocenters. The molecule has 1 saturated heterocycles. The van der Waals surface area contributed by atoms with Crippen LogP contribution in [-0.4, -0.2) is 61.5 Å². The fraction of sp³-hybridized carbons (Fsp3) is 0.333. The number of carbonyl (C=O) groups is 1. The predicted molar refractivity (Wildman–Crippen MR) is 99.2 cm³/mol. The Kier molecular flexibility index (Phi) is 4.73. The first kappa shape index (κ1) is 17.1. The summed E-state index contributed by atoms with van der Waals surface area (Å²) >= 11 is 0. The van der Waals surface area contributed by atoms with Crippen molar-refractivity contribution in [2.75, 3.05) is 31.1 Å². The van der Waals surface area contributed by atoms with E-state index in [1.165, 1.54) is 10.9 Å². The fourth-order valence-corrected chi connectivity index (χ4v) is 3.14. The smallest absolute Gasteiger partial charge is 0.262 e. The van der Waals surface area contributed by atoms with Crippen molar-refractivity contribution >= 4 is 22.9 Å². The van der Waals surface area contributed by atoms with Crippen LogP contribution in [0, 0.1) is 0 Å². The molecule has 1 aliphatic heterocycles. The van der Waals surface area contributed by atoms with Crippen molar-refractivity contribution < 1.29 is 4.79 Å². The van der Waals surface area contributed by atoms with E-state index < -0.39 is 0 Å². The lowest BCUT2D eigenvalue weighted by molar-refractivity contribution is -0.131. The Bertz CT molecular complexity index is 997. The molecular weight excluding hydrogens is 346 g/mol. The van der Waals surface area contributed by atoms with E-state index >= 15 is 0 Å². The molecule has 0 spiro atoms. The monoisotopic (exact) mass is 365 g/mol. The van der Waals surface area contributed by atoms with Gasteiger partial charge in [-0.1, -0.05) is 0 Å². The maximum Gasteiger partial charge on any atom is 0.262 e. The number of aromatic nitrogens is 5. The van der Waals surface area contributed by atoms with Crippen LogP contribution < -0.4 is 10.5 Å². The van der Waals surface area contributed by atoms with Crippen LogP contribution in [0.4, 0.5) is 5.95 Å². The molecule has 138 valence electrons. The Morgan fingerprint density at radius 1 is 0.963 bits per heavy atom. The average Bonchev–Trinajstić information content (AvgIpc) is 2.74. The molecule has 27 heavy (non-hydrogen) atoms. The lowest BCUT2D eigenvalue weighted by Gasteiger charge is -2.34. The quantitative estimate of drug-likeness (QED) is 0.657. The molecule has 0 N–H and O–H groups in total. The summed E-state index contributed by atoms with van der Waals surface area (Å²) in [6, 6.07) is 5.18. The van der Waals surface area contributed by atoms with Crippen molar-refractivity contribution in [3.63, 3.8) is 0 Å². The summed E-state index contributed by atoms with van der Waals surface area (Å²) in [5.41, 5.74) is 0.247. The predicted octanol–water partition coefficient (Wildman–Crippen LogP) is 0.320. The third kappa shape index (κ3) is 3.62. The maximum atomic E-state index is 12.5. The normalized spacial score (nSPS) is 14.5. The molecule has 0 aliphatic carbocycles. The number of amides is 1. The van der Waals surface area contributed by atoms with Gasteiger partial charge in [-0.2, -0.15) is 0 Å². The van der Waals surface area contributed by atoms with E-state index in [-0.39, 0.29) is 17.9 Å². The zero-order valence-electron chi connectivity index (χ0n) is 14.7. The van der Waals surface area contributed by atoms with Crippen molar-refractivity contribution in [1.29, 1.82) is 0 Å². The summed E-state index contributed by atoms with van der Waals surface area (Å²) in [6.07, 6.45) is 6.74. The van der Waals surface area contributed by atoms with Crippen molar-refractivity contribution in [3.8, 4) is 0 Å². The van der Waals surface area contributed by atoms with E-state index in [9.17, 15) is 9.59 Å². The van der Waals surface area contributed by atoms with E-state index in [0.29, 0.717) is 49.7 Å². The highest BCUT2D eigenvalue weighted by atomic mass is 16.2. The van der Waals surface area contributed by atoms with Crippen LogP contribution in [0.25, 0.3) is 11.0 Å². The van der Waals surface area contributed by atoms with Gasteiger partial charge < -0.3 is 9.80 Å². The zero-order valence-corrected chi connectivity index (χ0v) is 14.7. The Morgan fingerprint density at radius 3 is 2.48 bits per heavy atom. The van der Waals surface area contributed by atoms with Gasteiger partial charge in [0.25, 0.3) is 5.56 Å². The summed E-state index contributed by atoms with van der Waals surface area (Å²) in [5, 5.41) is 0.462. The second-order valence-corrected chi connectivity index (χ2v) is 6.28. The second-order valence-electron chi connectivity index (χ2n) is 6.28.